The molecule has 0 aromatic heterocycles. The average Bonchev–Trinajstić information content (AvgIpc) is 3.58. The molecule has 1 spiro atoms. The Balaban J connectivity index is 1.38. The molecular weight excluding hydrogens is 586 g/mol. The lowest BCUT2D eigenvalue weighted by Crippen LogP contribution is -2.57. The highest BCUT2D eigenvalue weighted by Gasteiger charge is 2.80. The maximum Gasteiger partial charge on any atom is 0.250 e. The van der Waals surface area contributed by atoms with Crippen LogP contribution in [0.15, 0.2) is 78.9 Å². The van der Waals surface area contributed by atoms with Crippen LogP contribution in [0.5, 0.6) is 11.5 Å². The zero-order chi connectivity index (χ0) is 32.6. The lowest BCUT2D eigenvalue weighted by atomic mass is 9.62. The second-order valence-corrected chi connectivity index (χ2v) is 12.6. The monoisotopic (exact) mass is 627 g/mol. The number of aliphatic hydroxyl groups excluding tert-OH is 1. The normalized spacial score (nSPS) is 28.5. The van der Waals surface area contributed by atoms with E-state index in [1.165, 1.54) is 4.90 Å². The number of aliphatic hydroxyl groups is 1. The molecule has 3 N–H and O–H groups in total. The lowest BCUT2D eigenvalue weighted by molar-refractivity contribution is -0.147. The van der Waals surface area contributed by atoms with Crippen LogP contribution in [0.2, 0.25) is 0 Å². The van der Waals surface area contributed by atoms with E-state index < -0.39 is 41.0 Å². The molecule has 3 heterocycles. The van der Waals surface area contributed by atoms with E-state index in [0.717, 1.165) is 5.56 Å². The Morgan fingerprint density at radius 1 is 0.978 bits per heavy atom. The van der Waals surface area contributed by atoms with Gasteiger partial charge in [0, 0.05) is 11.4 Å². The van der Waals surface area contributed by atoms with E-state index in [0.29, 0.717) is 42.3 Å². The van der Waals surface area contributed by atoms with E-state index in [9.17, 15) is 19.5 Å². The number of nitrogens with one attached hydrogen (secondary N) is 2. The van der Waals surface area contributed by atoms with Crippen molar-refractivity contribution in [1.29, 1.82) is 0 Å². The molecule has 6 rings (SSSR count). The van der Waals surface area contributed by atoms with E-state index in [1.807, 2.05) is 51.1 Å². The number of carbonyl (C=O) groups excluding carboxylic acids is 3. The van der Waals surface area contributed by atoms with Gasteiger partial charge in [-0.3, -0.25) is 14.4 Å². The van der Waals surface area contributed by atoms with Crippen LogP contribution in [-0.2, 0) is 25.5 Å². The third-order valence-electron chi connectivity index (χ3n) is 9.99. The Morgan fingerprint density at radius 2 is 1.59 bits per heavy atom. The van der Waals surface area contributed by atoms with Gasteiger partial charge in [-0.15, -0.1) is 0 Å². The summed E-state index contributed by atoms with van der Waals surface area (Å²) in [5.41, 5.74) is -0.261. The van der Waals surface area contributed by atoms with Crippen LogP contribution in [0.25, 0.3) is 0 Å². The molecular formula is C36H41N3O7. The molecule has 10 nitrogen and oxygen atoms in total. The maximum atomic E-state index is 14.7. The van der Waals surface area contributed by atoms with Crippen LogP contribution < -0.4 is 20.1 Å². The molecule has 2 bridgehead atoms. The first-order chi connectivity index (χ1) is 22.1. The molecule has 3 aliphatic rings. The number of ether oxygens (including phenoxy) is 3. The zero-order valence-electron chi connectivity index (χ0n) is 26.6. The van der Waals surface area contributed by atoms with Crippen molar-refractivity contribution < 1.29 is 33.7 Å². The molecule has 242 valence electrons. The third kappa shape index (κ3) is 5.29. The Hall–Kier alpha value is -4.41. The fourth-order valence-electron chi connectivity index (χ4n) is 7.81. The van der Waals surface area contributed by atoms with Crippen LogP contribution in [0.3, 0.4) is 0 Å². The van der Waals surface area contributed by atoms with E-state index in [1.54, 1.807) is 55.6 Å². The maximum absolute atomic E-state index is 14.7. The van der Waals surface area contributed by atoms with E-state index in [4.69, 9.17) is 14.2 Å². The van der Waals surface area contributed by atoms with Gasteiger partial charge in [0.05, 0.1) is 43.8 Å². The first-order valence-corrected chi connectivity index (χ1v) is 15.8. The molecule has 10 heteroatoms. The molecule has 3 unspecified atom stereocenters. The fraction of sp³-hybridized carbons (Fsp3) is 0.417. The first-order valence-electron chi connectivity index (χ1n) is 15.8. The molecule has 0 aliphatic carbocycles. The van der Waals surface area contributed by atoms with Crippen molar-refractivity contribution in [2.24, 2.45) is 17.8 Å². The van der Waals surface area contributed by atoms with Crippen LogP contribution in [0, 0.1) is 17.8 Å². The second kappa shape index (κ2) is 12.4. The summed E-state index contributed by atoms with van der Waals surface area (Å²) in [5.74, 6) is -1.75. The number of amides is 3. The summed E-state index contributed by atoms with van der Waals surface area (Å²) in [6.45, 7) is 5.93. The Labute approximate surface area is 269 Å². The van der Waals surface area contributed by atoms with Gasteiger partial charge in [-0.2, -0.15) is 0 Å². The molecule has 7 atom stereocenters. The summed E-state index contributed by atoms with van der Waals surface area (Å²) in [6, 6.07) is 21.7. The Kier molecular flexibility index (Phi) is 8.52. The van der Waals surface area contributed by atoms with E-state index >= 15 is 0 Å². The number of hydrogen-bond donors (Lipinski definition) is 3. The molecule has 46 heavy (non-hydrogen) atoms. The number of methoxy groups -OCH3 is 1. The zero-order valence-corrected chi connectivity index (χ0v) is 26.6. The van der Waals surface area contributed by atoms with Crippen molar-refractivity contribution in [1.82, 2.24) is 4.90 Å². The molecule has 3 saturated heterocycles. The topological polar surface area (TPSA) is 126 Å². The molecule has 0 saturated carbocycles. The summed E-state index contributed by atoms with van der Waals surface area (Å²) in [5, 5.41) is 16.7. The molecule has 0 radical (unpaired) electrons. The first kappa shape index (κ1) is 31.6. The summed E-state index contributed by atoms with van der Waals surface area (Å²) in [6.07, 6.45) is 0.738. The predicted octanol–water partition coefficient (Wildman–Crippen LogP) is 4.29. The third-order valence-corrected chi connectivity index (χ3v) is 9.99. The van der Waals surface area contributed by atoms with Crippen molar-refractivity contribution in [3.05, 3.63) is 84.4 Å². The van der Waals surface area contributed by atoms with Gasteiger partial charge in [0.15, 0.2) is 0 Å². The highest BCUT2D eigenvalue weighted by Crippen LogP contribution is 2.65. The highest BCUT2D eigenvalue weighted by molar-refractivity contribution is 6.05. The molecule has 3 fully saturated rings. The minimum absolute atomic E-state index is 0.134. The molecule has 3 aromatic rings. The van der Waals surface area contributed by atoms with Crippen molar-refractivity contribution in [3.8, 4) is 11.5 Å². The number of carbonyl (C=O) groups is 3. The van der Waals surface area contributed by atoms with E-state index in [2.05, 4.69) is 10.6 Å². The van der Waals surface area contributed by atoms with Gasteiger partial charge in [-0.25, -0.2) is 0 Å². The average molecular weight is 628 g/mol. The van der Waals surface area contributed by atoms with Crippen LogP contribution >= 0.6 is 0 Å². The van der Waals surface area contributed by atoms with Gasteiger partial charge < -0.3 is 34.9 Å². The van der Waals surface area contributed by atoms with Crippen LogP contribution in [-0.4, -0.2) is 71.3 Å². The van der Waals surface area contributed by atoms with Crippen molar-refractivity contribution in [3.63, 3.8) is 0 Å². The Morgan fingerprint density at radius 3 is 2.17 bits per heavy atom. The fourth-order valence-corrected chi connectivity index (χ4v) is 7.81. The van der Waals surface area contributed by atoms with Gasteiger partial charge in [0.1, 0.15) is 23.1 Å². The number of fused-ring (bicyclic) bond motifs is 1. The van der Waals surface area contributed by atoms with Crippen molar-refractivity contribution in [2.75, 3.05) is 31.0 Å². The van der Waals surface area contributed by atoms with Gasteiger partial charge in [-0.1, -0.05) is 37.3 Å². The Bertz CT molecular complexity index is 1580. The van der Waals surface area contributed by atoms with Crippen LogP contribution in [0.1, 0.15) is 32.8 Å². The number of hydrogen-bond acceptors (Lipinski definition) is 7. The highest BCUT2D eigenvalue weighted by atomic mass is 16.5. The van der Waals surface area contributed by atoms with Gasteiger partial charge >= 0.3 is 0 Å². The molecule has 3 aromatic carbocycles. The summed E-state index contributed by atoms with van der Waals surface area (Å²) in [7, 11) is 1.56. The summed E-state index contributed by atoms with van der Waals surface area (Å²) >= 11 is 0. The quantitative estimate of drug-likeness (QED) is 0.290. The molecule has 3 aliphatic heterocycles. The standard InChI is InChI=1S/C36H41N3O7/c1-5-45-28-17-13-24(14-18-28)37-32(41)29-30-34(43)39(26(21-40)19-23-9-7-6-8-10-23)31(36(30)20-22(2)35(29,3)46-36)33(42)38-25-11-15-27(44-4)16-12-25/h6-18,22,26,29-31,40H,5,19-21H2,1-4H3,(H,37,41)(H,38,42)/t22?,26-,29-,30+,31?,35+,36?/m1/s1. The summed E-state index contributed by atoms with van der Waals surface area (Å²) < 4.78 is 17.7. The number of nitrogens with zero attached hydrogens (tertiary/aromatic N) is 1. The van der Waals surface area contributed by atoms with Gasteiger partial charge in [0.25, 0.3) is 0 Å². The number of rotatable bonds is 11. The predicted molar refractivity (Wildman–Crippen MR) is 173 cm³/mol. The number of likely N-dealkylation sites (tertiary alicyclic amines) is 1. The van der Waals surface area contributed by atoms with Crippen molar-refractivity contribution in [2.45, 2.75) is 56.9 Å². The number of anilines is 2. The van der Waals surface area contributed by atoms with E-state index in [-0.39, 0.29) is 24.3 Å². The lowest BCUT2D eigenvalue weighted by Gasteiger charge is -2.37. The molecule has 3 amide bonds. The minimum Gasteiger partial charge on any atom is -0.497 e. The summed E-state index contributed by atoms with van der Waals surface area (Å²) in [4.78, 5) is 44.7. The van der Waals surface area contributed by atoms with Crippen molar-refractivity contribution >= 4 is 29.1 Å². The SMILES string of the molecule is CCOc1ccc(NC(=O)[C@H]2[C@H]3C(=O)N([C@@H](CO)Cc4ccccc4)C(C(=O)Nc4ccc(OC)cc4)C34CC(C)[C@]2(C)O4)cc1. The minimum atomic E-state index is -1.27. The van der Waals surface area contributed by atoms with Gasteiger partial charge in [0.2, 0.25) is 17.7 Å². The number of benzene rings is 3. The second-order valence-electron chi connectivity index (χ2n) is 12.6. The van der Waals surface area contributed by atoms with Crippen LogP contribution in [0.4, 0.5) is 11.4 Å². The largest absolute Gasteiger partial charge is 0.497 e. The smallest absolute Gasteiger partial charge is 0.250 e. The van der Waals surface area contributed by atoms with Gasteiger partial charge in [-0.05, 0) is 86.7 Å².